The summed E-state index contributed by atoms with van der Waals surface area (Å²) in [5.41, 5.74) is 1.88. The monoisotopic (exact) mass is 585 g/mol. The lowest BCUT2D eigenvalue weighted by molar-refractivity contribution is -0.137. The van der Waals surface area contributed by atoms with Crippen molar-refractivity contribution in [2.75, 3.05) is 10.6 Å². The second-order valence-corrected chi connectivity index (χ2v) is 8.63. The van der Waals surface area contributed by atoms with Gasteiger partial charge in [-0.1, -0.05) is 11.6 Å². The predicted molar refractivity (Wildman–Crippen MR) is 145 cm³/mol. The van der Waals surface area contributed by atoms with E-state index < -0.39 is 28.7 Å². The molecular formula is C27H19ClF3N5O5. The van der Waals surface area contributed by atoms with Gasteiger partial charge in [0.25, 0.3) is 5.91 Å². The molecule has 0 saturated heterocycles. The van der Waals surface area contributed by atoms with Crippen LogP contribution in [0.5, 0.6) is 23.0 Å². The molecule has 0 fully saturated rings. The number of hydrogen-bond donors (Lipinski definition) is 5. The van der Waals surface area contributed by atoms with Crippen molar-refractivity contribution in [3.05, 3.63) is 101 Å². The molecular weight excluding hydrogens is 567 g/mol. The summed E-state index contributed by atoms with van der Waals surface area (Å²) >= 11 is 5.59. The fraction of sp³-hybridized carbons (Fsp3) is 0.0370. The van der Waals surface area contributed by atoms with Gasteiger partial charge < -0.3 is 25.6 Å². The van der Waals surface area contributed by atoms with Gasteiger partial charge in [0.1, 0.15) is 17.2 Å². The minimum Gasteiger partial charge on any atom is -0.504 e. The molecule has 4 rings (SSSR count). The number of aromatic nitrogens is 1. The molecule has 210 valence electrons. The van der Waals surface area contributed by atoms with Crippen LogP contribution in [0.3, 0.4) is 0 Å². The van der Waals surface area contributed by atoms with E-state index >= 15 is 0 Å². The van der Waals surface area contributed by atoms with Crippen LogP contribution in [0.15, 0.2) is 84.1 Å². The van der Waals surface area contributed by atoms with Crippen LogP contribution in [-0.2, 0) is 6.18 Å². The van der Waals surface area contributed by atoms with Gasteiger partial charge in [0.15, 0.2) is 11.5 Å². The van der Waals surface area contributed by atoms with Gasteiger partial charge in [0.05, 0.1) is 16.8 Å². The minimum atomic E-state index is -4.67. The fourth-order valence-electron chi connectivity index (χ4n) is 3.30. The Balaban J connectivity index is 1.32. The van der Waals surface area contributed by atoms with Crippen LogP contribution in [0.1, 0.15) is 21.6 Å². The number of aromatic hydroxyl groups is 2. The van der Waals surface area contributed by atoms with Crippen molar-refractivity contribution in [1.29, 1.82) is 0 Å². The lowest BCUT2D eigenvalue weighted by Gasteiger charge is -2.12. The minimum absolute atomic E-state index is 0.000888. The van der Waals surface area contributed by atoms with E-state index in [0.29, 0.717) is 17.0 Å². The fourth-order valence-corrected chi connectivity index (χ4v) is 3.52. The molecule has 5 N–H and O–H groups in total. The maximum absolute atomic E-state index is 13.0. The number of nitrogens with zero attached hydrogens (tertiary/aromatic N) is 2. The van der Waals surface area contributed by atoms with Crippen LogP contribution in [0.4, 0.5) is 29.3 Å². The Morgan fingerprint density at radius 3 is 2.29 bits per heavy atom. The highest BCUT2D eigenvalue weighted by molar-refractivity contribution is 6.31. The van der Waals surface area contributed by atoms with Gasteiger partial charge in [0.2, 0.25) is 0 Å². The summed E-state index contributed by atoms with van der Waals surface area (Å²) in [6.45, 7) is 0. The van der Waals surface area contributed by atoms with Crippen LogP contribution in [0, 0.1) is 0 Å². The highest BCUT2D eigenvalue weighted by atomic mass is 35.5. The first-order valence-electron chi connectivity index (χ1n) is 11.5. The number of phenolic OH excluding ortho intramolecular Hbond substituents is 2. The van der Waals surface area contributed by atoms with Crippen LogP contribution in [-0.4, -0.2) is 33.3 Å². The number of alkyl halides is 3. The average molecular weight is 586 g/mol. The van der Waals surface area contributed by atoms with Crippen molar-refractivity contribution in [3.63, 3.8) is 0 Å². The van der Waals surface area contributed by atoms with E-state index in [0.717, 1.165) is 12.1 Å². The van der Waals surface area contributed by atoms with Gasteiger partial charge in [-0.3, -0.25) is 9.78 Å². The molecule has 0 saturated carbocycles. The molecule has 10 nitrogen and oxygen atoms in total. The number of hydrazone groups is 1. The molecule has 0 unspecified atom stereocenters. The number of carbonyl (C=O) groups excluding carboxylic acids is 2. The molecule has 0 radical (unpaired) electrons. The van der Waals surface area contributed by atoms with Crippen LogP contribution in [0.2, 0.25) is 5.02 Å². The highest BCUT2D eigenvalue weighted by Gasteiger charge is 2.33. The summed E-state index contributed by atoms with van der Waals surface area (Å²) in [5, 5.41) is 27.0. The molecule has 0 atom stereocenters. The summed E-state index contributed by atoms with van der Waals surface area (Å²) in [5.74, 6) is -0.628. The van der Waals surface area contributed by atoms with E-state index in [1.54, 1.807) is 0 Å². The maximum Gasteiger partial charge on any atom is 0.417 e. The van der Waals surface area contributed by atoms with E-state index in [-0.39, 0.29) is 28.6 Å². The zero-order valence-corrected chi connectivity index (χ0v) is 21.4. The van der Waals surface area contributed by atoms with Crippen molar-refractivity contribution in [1.82, 2.24) is 10.4 Å². The van der Waals surface area contributed by atoms with Gasteiger partial charge >= 0.3 is 12.2 Å². The SMILES string of the molecule is O=C(Nc1ccc(Oc2ccnc(C(=O)NN=Cc3ccc(O)c(O)c3)c2)cc1)Nc1ccc(Cl)c(C(F)(F)F)c1. The van der Waals surface area contributed by atoms with Gasteiger partial charge in [-0.2, -0.15) is 18.3 Å². The molecule has 0 spiro atoms. The van der Waals surface area contributed by atoms with Gasteiger partial charge in [-0.25, -0.2) is 10.2 Å². The van der Waals surface area contributed by atoms with Gasteiger partial charge in [0, 0.05) is 23.6 Å². The first kappa shape index (κ1) is 28.7. The Morgan fingerprint density at radius 1 is 0.878 bits per heavy atom. The quantitative estimate of drug-likeness (QED) is 0.0968. The Morgan fingerprint density at radius 2 is 1.59 bits per heavy atom. The number of benzene rings is 3. The molecule has 3 aromatic carbocycles. The number of pyridine rings is 1. The van der Waals surface area contributed by atoms with E-state index in [4.69, 9.17) is 16.3 Å². The largest absolute Gasteiger partial charge is 0.504 e. The lowest BCUT2D eigenvalue weighted by Crippen LogP contribution is -2.19. The van der Waals surface area contributed by atoms with Crippen molar-refractivity contribution in [2.45, 2.75) is 6.18 Å². The van der Waals surface area contributed by atoms with E-state index in [9.17, 15) is 33.0 Å². The average Bonchev–Trinajstić information content (AvgIpc) is 2.92. The number of amides is 3. The maximum atomic E-state index is 13.0. The standard InChI is InChI=1S/C27H19ClF3N5O5/c28-21-7-4-17(12-20(21)27(29,30)31)35-26(40)34-16-2-5-18(6-3-16)41-19-9-10-32-22(13-19)25(39)36-33-14-15-1-8-23(37)24(38)11-15/h1-14,37-38H,(H,36,39)(H2,34,35,40). The molecule has 1 aromatic heterocycles. The Labute approximate surface area is 235 Å². The third-order valence-electron chi connectivity index (χ3n) is 5.22. The Hall–Kier alpha value is -5.30. The van der Waals surface area contributed by atoms with Gasteiger partial charge in [-0.15, -0.1) is 0 Å². The number of halogens is 4. The summed E-state index contributed by atoms with van der Waals surface area (Å²) in [7, 11) is 0. The van der Waals surface area contributed by atoms with Crippen molar-refractivity contribution < 1.29 is 37.7 Å². The normalized spacial score (nSPS) is 11.2. The molecule has 4 aromatic rings. The molecule has 3 amide bonds. The van der Waals surface area contributed by atoms with Crippen LogP contribution >= 0.6 is 11.6 Å². The number of hydrogen-bond acceptors (Lipinski definition) is 7. The van der Waals surface area contributed by atoms with Crippen LogP contribution < -0.4 is 20.8 Å². The molecule has 0 bridgehead atoms. The third-order valence-corrected chi connectivity index (χ3v) is 5.55. The predicted octanol–water partition coefficient (Wildman–Crippen LogP) is 6.37. The van der Waals surface area contributed by atoms with Crippen molar-refractivity contribution in [3.8, 4) is 23.0 Å². The number of phenols is 2. The molecule has 0 aliphatic heterocycles. The first-order chi connectivity index (χ1) is 19.5. The van der Waals surface area contributed by atoms with Crippen LogP contribution in [0.25, 0.3) is 0 Å². The number of urea groups is 1. The summed E-state index contributed by atoms with van der Waals surface area (Å²) < 4.78 is 44.8. The second-order valence-electron chi connectivity index (χ2n) is 8.22. The summed E-state index contributed by atoms with van der Waals surface area (Å²) in [4.78, 5) is 28.6. The Bertz CT molecular complexity index is 1610. The highest BCUT2D eigenvalue weighted by Crippen LogP contribution is 2.36. The van der Waals surface area contributed by atoms with Gasteiger partial charge in [-0.05, 0) is 72.3 Å². The zero-order chi connectivity index (χ0) is 29.6. The van der Waals surface area contributed by atoms with Crippen molar-refractivity contribution in [2.24, 2.45) is 5.10 Å². The zero-order valence-electron chi connectivity index (χ0n) is 20.6. The second kappa shape index (κ2) is 12.3. The van der Waals surface area contributed by atoms with Crippen molar-refractivity contribution >= 4 is 41.1 Å². The summed E-state index contributed by atoms with van der Waals surface area (Å²) in [6.07, 6.45) is -2.05. The molecule has 0 aliphatic rings. The topological polar surface area (TPSA) is 145 Å². The molecule has 0 aliphatic carbocycles. The number of rotatable bonds is 7. The molecule has 1 heterocycles. The number of ether oxygens (including phenoxy) is 1. The number of anilines is 2. The smallest absolute Gasteiger partial charge is 0.417 e. The third kappa shape index (κ3) is 7.86. The first-order valence-corrected chi connectivity index (χ1v) is 11.9. The lowest BCUT2D eigenvalue weighted by atomic mass is 10.2. The van der Waals surface area contributed by atoms with E-state index in [1.165, 1.54) is 73.1 Å². The molecule has 41 heavy (non-hydrogen) atoms. The number of nitrogens with one attached hydrogen (secondary N) is 3. The summed E-state index contributed by atoms with van der Waals surface area (Å²) in [6, 6.07) is 15.2. The van der Waals surface area contributed by atoms with E-state index in [1.807, 2.05) is 0 Å². The Kier molecular flexibility index (Phi) is 8.58. The molecule has 14 heteroatoms. The number of carbonyl (C=O) groups is 2. The van der Waals surface area contributed by atoms with E-state index in [2.05, 4.69) is 26.1 Å².